The molecule has 19 heavy (non-hydrogen) atoms. The van der Waals surface area contributed by atoms with Crippen LogP contribution in [0.3, 0.4) is 0 Å². The molecule has 0 saturated carbocycles. The zero-order valence-corrected chi connectivity index (χ0v) is 12.8. The minimum atomic E-state index is -0.652. The van der Waals surface area contributed by atoms with Gasteiger partial charge in [-0.1, -0.05) is 13.8 Å². The van der Waals surface area contributed by atoms with Gasteiger partial charge in [0.15, 0.2) is 0 Å². The van der Waals surface area contributed by atoms with Gasteiger partial charge in [-0.3, -0.25) is 9.69 Å². The molecule has 0 amide bonds. The van der Waals surface area contributed by atoms with Gasteiger partial charge in [-0.15, -0.1) is 11.3 Å². The second kappa shape index (κ2) is 5.63. The molecule has 0 spiro atoms. The Labute approximate surface area is 119 Å². The van der Waals surface area contributed by atoms with Gasteiger partial charge in [0.1, 0.15) is 0 Å². The van der Waals surface area contributed by atoms with Crippen molar-refractivity contribution in [3.63, 3.8) is 0 Å². The Morgan fingerprint density at radius 3 is 2.79 bits per heavy atom. The molecule has 2 rings (SSSR count). The molecule has 1 aromatic rings. The van der Waals surface area contributed by atoms with E-state index in [9.17, 15) is 9.90 Å². The highest BCUT2D eigenvalue weighted by atomic mass is 32.1. The summed E-state index contributed by atoms with van der Waals surface area (Å²) < 4.78 is 0. The number of nitrogens with zero attached hydrogens (tertiary/aromatic N) is 1. The summed E-state index contributed by atoms with van der Waals surface area (Å²) in [7, 11) is 0. The Hall–Kier alpha value is -0.870. The number of fused-ring (bicyclic) bond motifs is 1. The Morgan fingerprint density at radius 2 is 2.21 bits per heavy atom. The van der Waals surface area contributed by atoms with E-state index >= 15 is 0 Å². The maximum atomic E-state index is 11.6. The van der Waals surface area contributed by atoms with Crippen LogP contribution in [0.4, 0.5) is 0 Å². The van der Waals surface area contributed by atoms with Crippen LogP contribution in [0.2, 0.25) is 0 Å². The van der Waals surface area contributed by atoms with Crippen LogP contribution in [0.15, 0.2) is 11.4 Å². The summed E-state index contributed by atoms with van der Waals surface area (Å²) in [6, 6.07) is 2.53. The third-order valence-electron chi connectivity index (χ3n) is 4.72. The van der Waals surface area contributed by atoms with Gasteiger partial charge in [-0.05, 0) is 43.2 Å². The molecule has 1 aromatic heterocycles. The van der Waals surface area contributed by atoms with Gasteiger partial charge in [0.05, 0.1) is 5.41 Å². The van der Waals surface area contributed by atoms with E-state index in [0.29, 0.717) is 25.4 Å². The Bertz CT molecular complexity index is 451. The van der Waals surface area contributed by atoms with Crippen molar-refractivity contribution in [3.05, 3.63) is 21.9 Å². The lowest BCUT2D eigenvalue weighted by Crippen LogP contribution is -2.45. The van der Waals surface area contributed by atoms with Crippen molar-refractivity contribution in [1.29, 1.82) is 0 Å². The number of thiophene rings is 1. The second-order valence-electron chi connectivity index (χ2n) is 5.49. The van der Waals surface area contributed by atoms with Crippen molar-refractivity contribution < 1.29 is 9.90 Å². The van der Waals surface area contributed by atoms with Crippen molar-refractivity contribution >= 4 is 17.3 Å². The molecule has 1 aliphatic rings. The van der Waals surface area contributed by atoms with Gasteiger partial charge >= 0.3 is 5.97 Å². The largest absolute Gasteiger partial charge is 0.481 e. The molecule has 1 aliphatic heterocycles. The summed E-state index contributed by atoms with van der Waals surface area (Å²) in [6.45, 7) is 7.81. The van der Waals surface area contributed by atoms with E-state index in [2.05, 4.69) is 23.3 Å². The SMILES string of the molecule is CCC(CC)(CN1CCc2sccc2C1C)C(=O)O. The van der Waals surface area contributed by atoms with Gasteiger partial charge in [-0.25, -0.2) is 0 Å². The van der Waals surface area contributed by atoms with Crippen LogP contribution in [0, 0.1) is 5.41 Å². The number of hydrogen-bond acceptors (Lipinski definition) is 3. The lowest BCUT2D eigenvalue weighted by molar-refractivity contribution is -0.151. The monoisotopic (exact) mass is 281 g/mol. The summed E-state index contributed by atoms with van der Waals surface area (Å²) in [6.07, 6.45) is 2.44. The van der Waals surface area contributed by atoms with Crippen molar-refractivity contribution in [2.45, 2.75) is 46.1 Å². The first-order valence-electron chi connectivity index (χ1n) is 7.07. The Morgan fingerprint density at radius 1 is 1.53 bits per heavy atom. The molecule has 0 saturated heterocycles. The molecule has 2 heterocycles. The molecule has 0 radical (unpaired) electrons. The van der Waals surface area contributed by atoms with Crippen molar-refractivity contribution in [1.82, 2.24) is 4.90 Å². The van der Waals surface area contributed by atoms with Gasteiger partial charge in [0.25, 0.3) is 0 Å². The predicted octanol–water partition coefficient (Wildman–Crippen LogP) is 3.56. The smallest absolute Gasteiger partial charge is 0.310 e. The molecular weight excluding hydrogens is 258 g/mol. The average molecular weight is 281 g/mol. The molecule has 0 aromatic carbocycles. The van der Waals surface area contributed by atoms with Crippen LogP contribution in [0.25, 0.3) is 0 Å². The molecule has 4 heteroatoms. The van der Waals surface area contributed by atoms with Crippen LogP contribution in [0.1, 0.15) is 50.1 Å². The second-order valence-corrected chi connectivity index (χ2v) is 6.49. The lowest BCUT2D eigenvalue weighted by Gasteiger charge is -2.39. The summed E-state index contributed by atoms with van der Waals surface area (Å²) in [5.74, 6) is -0.652. The average Bonchev–Trinajstić information content (AvgIpc) is 2.87. The van der Waals surface area contributed by atoms with Crippen LogP contribution < -0.4 is 0 Å². The van der Waals surface area contributed by atoms with Crippen LogP contribution >= 0.6 is 11.3 Å². The minimum absolute atomic E-state index is 0.340. The maximum Gasteiger partial charge on any atom is 0.310 e. The first-order valence-corrected chi connectivity index (χ1v) is 7.95. The van der Waals surface area contributed by atoms with E-state index in [1.54, 1.807) is 0 Å². The number of aliphatic carboxylic acids is 1. The first kappa shape index (κ1) is 14.5. The van der Waals surface area contributed by atoms with Gasteiger partial charge in [0, 0.05) is 24.0 Å². The summed E-state index contributed by atoms with van der Waals surface area (Å²) in [4.78, 5) is 15.4. The first-order chi connectivity index (χ1) is 9.04. The molecular formula is C15H23NO2S. The van der Waals surface area contributed by atoms with Crippen molar-refractivity contribution in [2.24, 2.45) is 5.41 Å². The molecule has 1 atom stereocenters. The van der Waals surface area contributed by atoms with Crippen molar-refractivity contribution in [2.75, 3.05) is 13.1 Å². The van der Waals surface area contributed by atoms with E-state index in [0.717, 1.165) is 13.0 Å². The fourth-order valence-corrected chi connectivity index (χ4v) is 3.97. The normalized spacial score (nSPS) is 20.3. The quantitative estimate of drug-likeness (QED) is 0.897. The fraction of sp³-hybridized carbons (Fsp3) is 0.667. The number of carbonyl (C=O) groups is 1. The minimum Gasteiger partial charge on any atom is -0.481 e. The molecule has 0 bridgehead atoms. The number of hydrogen-bond donors (Lipinski definition) is 1. The highest BCUT2D eigenvalue weighted by Crippen LogP contribution is 2.37. The number of carboxylic acid groups (broad SMARTS) is 1. The van der Waals surface area contributed by atoms with E-state index < -0.39 is 11.4 Å². The van der Waals surface area contributed by atoms with E-state index in [-0.39, 0.29) is 0 Å². The van der Waals surface area contributed by atoms with Gasteiger partial charge in [0.2, 0.25) is 0 Å². The maximum absolute atomic E-state index is 11.6. The van der Waals surface area contributed by atoms with E-state index in [4.69, 9.17) is 0 Å². The van der Waals surface area contributed by atoms with Crippen LogP contribution in [-0.2, 0) is 11.2 Å². The standard InChI is InChI=1S/C15H23NO2S/c1-4-15(5-2,14(17)18)10-16-8-6-13-12(11(16)3)7-9-19-13/h7,9,11H,4-6,8,10H2,1-3H3,(H,17,18). The highest BCUT2D eigenvalue weighted by molar-refractivity contribution is 7.10. The molecule has 3 nitrogen and oxygen atoms in total. The predicted molar refractivity (Wildman–Crippen MR) is 78.7 cm³/mol. The molecule has 106 valence electrons. The van der Waals surface area contributed by atoms with Crippen molar-refractivity contribution in [3.8, 4) is 0 Å². The Balaban J connectivity index is 2.18. The topological polar surface area (TPSA) is 40.5 Å². The van der Waals surface area contributed by atoms with E-state index in [1.165, 1.54) is 10.4 Å². The lowest BCUT2D eigenvalue weighted by atomic mass is 9.81. The number of carboxylic acids is 1. The third-order valence-corrected chi connectivity index (χ3v) is 5.71. The zero-order chi connectivity index (χ0) is 14.0. The molecule has 1 N–H and O–H groups in total. The van der Waals surface area contributed by atoms with Crippen LogP contribution in [0.5, 0.6) is 0 Å². The molecule has 0 aliphatic carbocycles. The summed E-state index contributed by atoms with van der Waals surface area (Å²) >= 11 is 1.82. The Kier molecular flexibility index (Phi) is 4.31. The number of rotatable bonds is 5. The van der Waals surface area contributed by atoms with Gasteiger partial charge in [-0.2, -0.15) is 0 Å². The van der Waals surface area contributed by atoms with Gasteiger partial charge < -0.3 is 5.11 Å². The van der Waals surface area contributed by atoms with Crippen LogP contribution in [-0.4, -0.2) is 29.1 Å². The molecule has 0 fully saturated rings. The summed E-state index contributed by atoms with van der Waals surface area (Å²) in [5.41, 5.74) is 0.796. The highest BCUT2D eigenvalue weighted by Gasteiger charge is 2.39. The fourth-order valence-electron chi connectivity index (χ4n) is 3.01. The third kappa shape index (κ3) is 2.56. The van der Waals surface area contributed by atoms with E-state index in [1.807, 2.05) is 25.2 Å². The summed E-state index contributed by atoms with van der Waals surface area (Å²) in [5, 5.41) is 11.7. The zero-order valence-electron chi connectivity index (χ0n) is 12.0. The molecule has 1 unspecified atom stereocenters.